The van der Waals surface area contributed by atoms with Crippen LogP contribution >= 0.6 is 0 Å². The third kappa shape index (κ3) is 9.17. The number of hydrogen-bond donors (Lipinski definition) is 2. The van der Waals surface area contributed by atoms with Gasteiger partial charge in [-0.15, -0.1) is 0 Å². The SMILES string of the molecule is CCNC(=NCc1ccccc1CN1CCOCC1)NCCCCCN1CCCCC1. The molecule has 2 N–H and O–H groups in total. The summed E-state index contributed by atoms with van der Waals surface area (Å²) in [4.78, 5) is 9.98. The predicted molar refractivity (Wildman–Crippen MR) is 129 cm³/mol. The van der Waals surface area contributed by atoms with Gasteiger partial charge >= 0.3 is 0 Å². The maximum Gasteiger partial charge on any atom is 0.191 e. The lowest BCUT2D eigenvalue weighted by Gasteiger charge is -2.27. The normalized spacial score (nSPS) is 18.8. The minimum absolute atomic E-state index is 0.713. The average molecular weight is 430 g/mol. The van der Waals surface area contributed by atoms with Crippen molar-refractivity contribution in [2.45, 2.75) is 58.5 Å². The Balaban J connectivity index is 1.40. The fraction of sp³-hybridized carbons (Fsp3) is 0.720. The highest BCUT2D eigenvalue weighted by atomic mass is 16.5. The van der Waals surface area contributed by atoms with Gasteiger partial charge in [0.2, 0.25) is 0 Å². The van der Waals surface area contributed by atoms with Crippen LogP contribution in [0.4, 0.5) is 0 Å². The molecule has 2 saturated heterocycles. The number of piperidine rings is 1. The van der Waals surface area contributed by atoms with Crippen LogP contribution in [0.2, 0.25) is 0 Å². The second-order valence-electron chi connectivity index (χ2n) is 8.74. The van der Waals surface area contributed by atoms with Crippen LogP contribution < -0.4 is 10.6 Å². The van der Waals surface area contributed by atoms with Crippen molar-refractivity contribution in [3.63, 3.8) is 0 Å². The minimum atomic E-state index is 0.713. The van der Waals surface area contributed by atoms with E-state index in [9.17, 15) is 0 Å². The molecular formula is C25H43N5O. The van der Waals surface area contributed by atoms with Crippen LogP contribution in [0.3, 0.4) is 0 Å². The zero-order valence-electron chi connectivity index (χ0n) is 19.6. The fourth-order valence-corrected chi connectivity index (χ4v) is 4.40. The van der Waals surface area contributed by atoms with E-state index in [0.29, 0.717) is 6.54 Å². The lowest BCUT2D eigenvalue weighted by Crippen LogP contribution is -2.38. The summed E-state index contributed by atoms with van der Waals surface area (Å²) in [6.07, 6.45) is 7.99. The van der Waals surface area contributed by atoms with Gasteiger partial charge in [0.25, 0.3) is 0 Å². The van der Waals surface area contributed by atoms with Crippen LogP contribution in [-0.2, 0) is 17.8 Å². The molecule has 1 aromatic rings. The van der Waals surface area contributed by atoms with Gasteiger partial charge in [0, 0.05) is 32.7 Å². The van der Waals surface area contributed by atoms with Gasteiger partial charge in [0.15, 0.2) is 5.96 Å². The molecule has 174 valence electrons. The van der Waals surface area contributed by atoms with Crippen molar-refractivity contribution >= 4 is 5.96 Å². The Hall–Kier alpha value is -1.63. The van der Waals surface area contributed by atoms with Crippen LogP contribution in [-0.4, -0.2) is 74.8 Å². The van der Waals surface area contributed by atoms with E-state index in [1.807, 2.05) is 0 Å². The molecule has 0 spiro atoms. The number of unbranched alkanes of at least 4 members (excludes halogenated alkanes) is 2. The van der Waals surface area contributed by atoms with E-state index in [-0.39, 0.29) is 0 Å². The highest BCUT2D eigenvalue weighted by Gasteiger charge is 2.13. The Labute approximate surface area is 189 Å². The number of hydrogen-bond acceptors (Lipinski definition) is 4. The van der Waals surface area contributed by atoms with E-state index >= 15 is 0 Å². The molecule has 0 radical (unpaired) electrons. The van der Waals surface area contributed by atoms with Crippen molar-refractivity contribution in [2.75, 3.05) is 59.0 Å². The molecule has 6 nitrogen and oxygen atoms in total. The lowest BCUT2D eigenvalue weighted by molar-refractivity contribution is 0.0341. The number of morpholine rings is 1. The third-order valence-electron chi connectivity index (χ3n) is 6.26. The quantitative estimate of drug-likeness (QED) is 0.321. The van der Waals surface area contributed by atoms with Crippen molar-refractivity contribution in [1.82, 2.24) is 20.4 Å². The van der Waals surface area contributed by atoms with E-state index < -0.39 is 0 Å². The van der Waals surface area contributed by atoms with Crippen molar-refractivity contribution in [2.24, 2.45) is 4.99 Å². The van der Waals surface area contributed by atoms with Crippen LogP contribution in [0.25, 0.3) is 0 Å². The van der Waals surface area contributed by atoms with Crippen molar-refractivity contribution in [3.05, 3.63) is 35.4 Å². The largest absolute Gasteiger partial charge is 0.379 e. The molecule has 2 fully saturated rings. The highest BCUT2D eigenvalue weighted by Crippen LogP contribution is 2.14. The van der Waals surface area contributed by atoms with E-state index in [0.717, 1.165) is 51.9 Å². The summed E-state index contributed by atoms with van der Waals surface area (Å²) in [7, 11) is 0. The topological polar surface area (TPSA) is 52.1 Å². The lowest BCUT2D eigenvalue weighted by atomic mass is 10.1. The van der Waals surface area contributed by atoms with Gasteiger partial charge < -0.3 is 20.3 Å². The van der Waals surface area contributed by atoms with E-state index in [1.54, 1.807) is 0 Å². The first-order valence-corrected chi connectivity index (χ1v) is 12.5. The highest BCUT2D eigenvalue weighted by molar-refractivity contribution is 5.79. The third-order valence-corrected chi connectivity index (χ3v) is 6.26. The number of benzene rings is 1. The second-order valence-corrected chi connectivity index (χ2v) is 8.74. The number of ether oxygens (including phenoxy) is 1. The zero-order valence-corrected chi connectivity index (χ0v) is 19.6. The van der Waals surface area contributed by atoms with E-state index in [4.69, 9.17) is 9.73 Å². The molecule has 2 aliphatic heterocycles. The molecule has 31 heavy (non-hydrogen) atoms. The van der Waals surface area contributed by atoms with Gasteiger partial charge in [0.1, 0.15) is 0 Å². The standard InChI is InChI=1S/C25H43N5O/c1-2-26-25(27-13-7-3-8-14-29-15-9-4-10-16-29)28-21-23-11-5-6-12-24(23)22-30-17-19-31-20-18-30/h5-6,11-12H,2-4,7-10,13-22H2,1H3,(H2,26,27,28). The summed E-state index contributed by atoms with van der Waals surface area (Å²) in [5, 5.41) is 6.93. The number of rotatable bonds is 11. The molecule has 2 heterocycles. The molecule has 0 aliphatic carbocycles. The molecule has 0 bridgehead atoms. The predicted octanol–water partition coefficient (Wildman–Crippen LogP) is 3.23. The molecule has 3 rings (SSSR count). The Bertz CT molecular complexity index is 639. The van der Waals surface area contributed by atoms with Gasteiger partial charge in [-0.05, 0) is 63.4 Å². The van der Waals surface area contributed by atoms with Gasteiger partial charge in [0.05, 0.1) is 19.8 Å². The number of nitrogens with one attached hydrogen (secondary N) is 2. The number of aliphatic imine (C=N–C) groups is 1. The van der Waals surface area contributed by atoms with Crippen LogP contribution in [0, 0.1) is 0 Å². The summed E-state index contributed by atoms with van der Waals surface area (Å²) >= 11 is 0. The van der Waals surface area contributed by atoms with Crippen LogP contribution in [0.5, 0.6) is 0 Å². The number of nitrogens with zero attached hydrogens (tertiary/aromatic N) is 3. The maximum atomic E-state index is 5.48. The summed E-state index contributed by atoms with van der Waals surface area (Å²) in [5.74, 6) is 0.930. The van der Waals surface area contributed by atoms with Gasteiger partial charge in [-0.3, -0.25) is 4.90 Å². The Morgan fingerprint density at radius 2 is 1.68 bits per heavy atom. The molecule has 6 heteroatoms. The molecule has 0 unspecified atom stereocenters. The molecule has 2 aliphatic rings. The van der Waals surface area contributed by atoms with Crippen LogP contribution in [0.15, 0.2) is 29.3 Å². The first kappa shape index (κ1) is 24.0. The average Bonchev–Trinajstić information content (AvgIpc) is 2.82. The summed E-state index contributed by atoms with van der Waals surface area (Å²) in [6.45, 7) is 13.3. The Morgan fingerprint density at radius 3 is 2.45 bits per heavy atom. The number of likely N-dealkylation sites (tertiary alicyclic amines) is 1. The molecule has 0 amide bonds. The smallest absolute Gasteiger partial charge is 0.191 e. The Kier molecular flexibility index (Phi) is 11.2. The van der Waals surface area contributed by atoms with E-state index in [2.05, 4.69) is 51.6 Å². The first-order chi connectivity index (χ1) is 15.3. The van der Waals surface area contributed by atoms with E-state index in [1.165, 1.54) is 69.3 Å². The molecule has 0 saturated carbocycles. The first-order valence-electron chi connectivity index (χ1n) is 12.5. The number of guanidine groups is 1. The van der Waals surface area contributed by atoms with Gasteiger partial charge in [-0.1, -0.05) is 37.1 Å². The zero-order chi connectivity index (χ0) is 21.6. The minimum Gasteiger partial charge on any atom is -0.379 e. The summed E-state index contributed by atoms with van der Waals surface area (Å²) in [6, 6.07) is 8.71. The van der Waals surface area contributed by atoms with Crippen molar-refractivity contribution in [1.29, 1.82) is 0 Å². The molecule has 1 aromatic carbocycles. The van der Waals surface area contributed by atoms with Crippen molar-refractivity contribution in [3.8, 4) is 0 Å². The van der Waals surface area contributed by atoms with Crippen molar-refractivity contribution < 1.29 is 4.74 Å². The second kappa shape index (κ2) is 14.4. The molecule has 0 aromatic heterocycles. The maximum absolute atomic E-state index is 5.48. The van der Waals surface area contributed by atoms with Crippen LogP contribution in [0.1, 0.15) is 56.6 Å². The summed E-state index contributed by atoms with van der Waals surface area (Å²) < 4.78 is 5.48. The molecule has 0 atom stereocenters. The Morgan fingerprint density at radius 1 is 0.903 bits per heavy atom. The van der Waals surface area contributed by atoms with Gasteiger partial charge in [-0.25, -0.2) is 4.99 Å². The fourth-order valence-electron chi connectivity index (χ4n) is 4.40. The molecular weight excluding hydrogens is 386 g/mol. The monoisotopic (exact) mass is 429 g/mol. The van der Waals surface area contributed by atoms with Gasteiger partial charge in [-0.2, -0.15) is 0 Å². The summed E-state index contributed by atoms with van der Waals surface area (Å²) in [5.41, 5.74) is 2.69.